The SMILES string of the molecule is COc1ccc(Cl)cc1NC(=O)N1CCN(c2ccc(F)c(Cl)c2)CC1. The monoisotopic (exact) mass is 397 g/mol. The van der Waals surface area contributed by atoms with Crippen molar-refractivity contribution in [2.45, 2.75) is 0 Å². The van der Waals surface area contributed by atoms with Crippen molar-refractivity contribution in [1.29, 1.82) is 0 Å². The minimum absolute atomic E-state index is 0.0933. The minimum Gasteiger partial charge on any atom is -0.495 e. The molecular weight excluding hydrogens is 380 g/mol. The number of halogens is 3. The summed E-state index contributed by atoms with van der Waals surface area (Å²) in [5, 5.41) is 3.44. The number of nitrogens with zero attached hydrogens (tertiary/aromatic N) is 2. The zero-order valence-corrected chi connectivity index (χ0v) is 15.6. The van der Waals surface area contributed by atoms with Crippen molar-refractivity contribution in [2.24, 2.45) is 0 Å². The Balaban J connectivity index is 1.62. The van der Waals surface area contributed by atoms with Gasteiger partial charge in [-0.05, 0) is 36.4 Å². The predicted molar refractivity (Wildman–Crippen MR) is 102 cm³/mol. The highest BCUT2D eigenvalue weighted by Crippen LogP contribution is 2.28. The Morgan fingerprint density at radius 2 is 1.85 bits per heavy atom. The molecule has 0 spiro atoms. The number of rotatable bonds is 3. The van der Waals surface area contributed by atoms with Crippen molar-refractivity contribution in [3.05, 3.63) is 52.3 Å². The van der Waals surface area contributed by atoms with Gasteiger partial charge in [-0.3, -0.25) is 0 Å². The van der Waals surface area contributed by atoms with Gasteiger partial charge in [-0.25, -0.2) is 9.18 Å². The molecule has 1 fully saturated rings. The molecule has 1 heterocycles. The summed E-state index contributed by atoms with van der Waals surface area (Å²) in [5.41, 5.74) is 1.37. The molecule has 8 heteroatoms. The third-order valence-corrected chi connectivity index (χ3v) is 4.76. The van der Waals surface area contributed by atoms with Gasteiger partial charge in [0, 0.05) is 36.9 Å². The number of urea groups is 1. The number of hydrogen-bond donors (Lipinski definition) is 1. The second kappa shape index (κ2) is 8.01. The van der Waals surface area contributed by atoms with Crippen LogP contribution < -0.4 is 15.0 Å². The van der Waals surface area contributed by atoms with Crippen molar-refractivity contribution in [3.8, 4) is 5.75 Å². The highest BCUT2D eigenvalue weighted by Gasteiger charge is 2.22. The first-order valence-electron chi connectivity index (χ1n) is 8.07. The number of ether oxygens (including phenoxy) is 1. The van der Waals surface area contributed by atoms with E-state index in [1.807, 2.05) is 0 Å². The van der Waals surface area contributed by atoms with E-state index >= 15 is 0 Å². The van der Waals surface area contributed by atoms with Crippen LogP contribution in [-0.2, 0) is 0 Å². The molecule has 5 nitrogen and oxygen atoms in total. The Bertz CT molecular complexity index is 811. The number of carbonyl (C=O) groups excluding carboxylic acids is 1. The van der Waals surface area contributed by atoms with Gasteiger partial charge in [-0.1, -0.05) is 23.2 Å². The summed E-state index contributed by atoms with van der Waals surface area (Å²) in [6.07, 6.45) is 0. The van der Waals surface area contributed by atoms with Gasteiger partial charge < -0.3 is 19.9 Å². The molecule has 1 aliphatic heterocycles. The number of nitrogens with one attached hydrogen (secondary N) is 1. The second-order valence-corrected chi connectivity index (χ2v) is 6.69. The van der Waals surface area contributed by atoms with Crippen LogP contribution in [-0.4, -0.2) is 44.2 Å². The fourth-order valence-corrected chi connectivity index (χ4v) is 3.17. The highest BCUT2D eigenvalue weighted by molar-refractivity contribution is 6.31. The first-order chi connectivity index (χ1) is 12.5. The van der Waals surface area contributed by atoms with Crippen molar-refractivity contribution < 1.29 is 13.9 Å². The molecule has 138 valence electrons. The molecule has 0 bridgehead atoms. The Labute approximate surface area is 161 Å². The Hall–Kier alpha value is -2.18. The zero-order chi connectivity index (χ0) is 18.7. The van der Waals surface area contributed by atoms with Crippen LogP contribution in [0.1, 0.15) is 0 Å². The lowest BCUT2D eigenvalue weighted by Crippen LogP contribution is -2.50. The van der Waals surface area contributed by atoms with Crippen molar-refractivity contribution in [1.82, 2.24) is 4.90 Å². The van der Waals surface area contributed by atoms with Crippen LogP contribution in [0.5, 0.6) is 5.75 Å². The average Bonchev–Trinajstić information content (AvgIpc) is 2.64. The molecule has 1 aliphatic rings. The Kier molecular flexibility index (Phi) is 5.74. The molecule has 2 aromatic carbocycles. The van der Waals surface area contributed by atoms with Gasteiger partial charge in [0.25, 0.3) is 0 Å². The summed E-state index contributed by atoms with van der Waals surface area (Å²) in [4.78, 5) is 16.3. The van der Waals surface area contributed by atoms with E-state index in [9.17, 15) is 9.18 Å². The number of carbonyl (C=O) groups is 1. The lowest BCUT2D eigenvalue weighted by atomic mass is 10.2. The van der Waals surface area contributed by atoms with E-state index in [0.29, 0.717) is 42.6 Å². The van der Waals surface area contributed by atoms with E-state index in [2.05, 4.69) is 10.2 Å². The standard InChI is InChI=1S/C18H18Cl2FN3O2/c1-26-17-5-2-12(19)10-16(17)22-18(25)24-8-6-23(7-9-24)13-3-4-15(21)14(20)11-13/h2-5,10-11H,6-9H2,1H3,(H,22,25). The maximum absolute atomic E-state index is 13.3. The first-order valence-corrected chi connectivity index (χ1v) is 8.83. The zero-order valence-electron chi connectivity index (χ0n) is 14.1. The molecule has 0 aliphatic carbocycles. The van der Waals surface area contributed by atoms with Gasteiger partial charge in [0.05, 0.1) is 17.8 Å². The third-order valence-electron chi connectivity index (χ3n) is 4.24. The summed E-state index contributed by atoms with van der Waals surface area (Å²) in [7, 11) is 1.53. The Morgan fingerprint density at radius 3 is 2.50 bits per heavy atom. The van der Waals surface area contributed by atoms with E-state index in [1.54, 1.807) is 35.2 Å². The van der Waals surface area contributed by atoms with Gasteiger partial charge in [-0.2, -0.15) is 0 Å². The van der Waals surface area contributed by atoms with E-state index in [4.69, 9.17) is 27.9 Å². The molecule has 2 amide bonds. The largest absolute Gasteiger partial charge is 0.495 e. The fraction of sp³-hybridized carbons (Fsp3) is 0.278. The molecular formula is C18H18Cl2FN3O2. The van der Waals surface area contributed by atoms with Gasteiger partial charge in [0.1, 0.15) is 11.6 Å². The minimum atomic E-state index is -0.441. The van der Waals surface area contributed by atoms with Crippen LogP contribution in [0.15, 0.2) is 36.4 Å². The van der Waals surface area contributed by atoms with Gasteiger partial charge >= 0.3 is 6.03 Å². The number of methoxy groups -OCH3 is 1. The smallest absolute Gasteiger partial charge is 0.322 e. The van der Waals surface area contributed by atoms with E-state index in [1.165, 1.54) is 13.2 Å². The second-order valence-electron chi connectivity index (χ2n) is 5.85. The van der Waals surface area contributed by atoms with Crippen molar-refractivity contribution in [3.63, 3.8) is 0 Å². The highest BCUT2D eigenvalue weighted by atomic mass is 35.5. The number of hydrogen-bond acceptors (Lipinski definition) is 3. The molecule has 1 N–H and O–H groups in total. The molecule has 0 unspecified atom stereocenters. The first kappa shape index (κ1) is 18.6. The summed E-state index contributed by atoms with van der Waals surface area (Å²) < 4.78 is 18.5. The number of piperazine rings is 1. The van der Waals surface area contributed by atoms with Crippen LogP contribution in [0.2, 0.25) is 10.0 Å². The molecule has 3 rings (SSSR count). The maximum atomic E-state index is 13.3. The van der Waals surface area contributed by atoms with Crippen LogP contribution in [0.25, 0.3) is 0 Å². The van der Waals surface area contributed by atoms with Gasteiger partial charge in [0.15, 0.2) is 0 Å². The molecule has 0 saturated carbocycles. The molecule has 2 aromatic rings. The van der Waals surface area contributed by atoms with E-state index < -0.39 is 5.82 Å². The van der Waals surface area contributed by atoms with Crippen LogP contribution in [0, 0.1) is 5.82 Å². The number of amides is 2. The average molecular weight is 398 g/mol. The van der Waals surface area contributed by atoms with Crippen LogP contribution in [0.3, 0.4) is 0 Å². The van der Waals surface area contributed by atoms with E-state index in [-0.39, 0.29) is 11.1 Å². The third kappa shape index (κ3) is 4.14. The van der Waals surface area contributed by atoms with Crippen molar-refractivity contribution >= 4 is 40.6 Å². The molecule has 0 aromatic heterocycles. The van der Waals surface area contributed by atoms with Crippen LogP contribution >= 0.6 is 23.2 Å². The summed E-state index contributed by atoms with van der Waals surface area (Å²) >= 11 is 11.8. The normalized spacial score (nSPS) is 14.3. The summed E-state index contributed by atoms with van der Waals surface area (Å²) in [5.74, 6) is 0.103. The topological polar surface area (TPSA) is 44.8 Å². The predicted octanol–water partition coefficient (Wildman–Crippen LogP) is 4.50. The quantitative estimate of drug-likeness (QED) is 0.829. The number of anilines is 2. The molecule has 26 heavy (non-hydrogen) atoms. The fourth-order valence-electron chi connectivity index (χ4n) is 2.82. The number of benzene rings is 2. The Morgan fingerprint density at radius 1 is 1.12 bits per heavy atom. The molecule has 0 atom stereocenters. The maximum Gasteiger partial charge on any atom is 0.322 e. The molecule has 0 radical (unpaired) electrons. The van der Waals surface area contributed by atoms with Gasteiger partial charge in [-0.15, -0.1) is 0 Å². The van der Waals surface area contributed by atoms with E-state index in [0.717, 1.165) is 5.69 Å². The molecule has 1 saturated heterocycles. The van der Waals surface area contributed by atoms with Crippen LogP contribution in [0.4, 0.5) is 20.6 Å². The van der Waals surface area contributed by atoms with Crippen molar-refractivity contribution in [2.75, 3.05) is 43.5 Å². The van der Waals surface area contributed by atoms with Gasteiger partial charge in [0.2, 0.25) is 0 Å². The summed E-state index contributed by atoms with van der Waals surface area (Å²) in [6.45, 7) is 2.32. The lowest BCUT2D eigenvalue weighted by Gasteiger charge is -2.36. The lowest BCUT2D eigenvalue weighted by molar-refractivity contribution is 0.208. The summed E-state index contributed by atoms with van der Waals surface area (Å²) in [6, 6.07) is 9.47.